The van der Waals surface area contributed by atoms with E-state index in [2.05, 4.69) is 41.5 Å². The van der Waals surface area contributed by atoms with Crippen LogP contribution < -0.4 is 0 Å². The average molecular weight is 237 g/mol. The van der Waals surface area contributed by atoms with E-state index in [0.29, 0.717) is 0 Å². The van der Waals surface area contributed by atoms with Gasteiger partial charge >= 0.3 is 0 Å². The minimum Gasteiger partial charge on any atom is -0.355 e. The molecule has 0 aliphatic carbocycles. The Kier molecular flexibility index (Phi) is 2.77. The molecule has 0 unspecified atom stereocenters. The van der Waals surface area contributed by atoms with Gasteiger partial charge in [0.15, 0.2) is 6.19 Å². The van der Waals surface area contributed by atoms with Gasteiger partial charge in [-0.25, -0.2) is 0 Å². The van der Waals surface area contributed by atoms with Crippen LogP contribution in [0.5, 0.6) is 0 Å². The van der Waals surface area contributed by atoms with Crippen LogP contribution >= 0.6 is 0 Å². The third-order valence-electron chi connectivity index (χ3n) is 3.47. The van der Waals surface area contributed by atoms with Crippen LogP contribution in [0.2, 0.25) is 0 Å². The minimum atomic E-state index is 0.799. The van der Waals surface area contributed by atoms with E-state index in [-0.39, 0.29) is 0 Å². The van der Waals surface area contributed by atoms with E-state index < -0.39 is 0 Å². The summed E-state index contributed by atoms with van der Waals surface area (Å²) in [4.78, 5) is 5.29. The number of aromatic amines is 1. The van der Waals surface area contributed by atoms with Gasteiger partial charge in [-0.3, -0.25) is 0 Å². The molecule has 3 nitrogen and oxygen atoms in total. The van der Waals surface area contributed by atoms with Crippen LogP contribution in [-0.4, -0.2) is 23.0 Å². The summed E-state index contributed by atoms with van der Waals surface area (Å²) >= 11 is 0. The predicted octanol–water partition coefficient (Wildman–Crippen LogP) is 2.91. The Morgan fingerprint density at radius 2 is 2.11 bits per heavy atom. The van der Waals surface area contributed by atoms with Gasteiger partial charge in [0.05, 0.1) is 0 Å². The largest absolute Gasteiger partial charge is 0.355 e. The summed E-state index contributed by atoms with van der Waals surface area (Å²) in [5, 5.41) is 10.3. The van der Waals surface area contributed by atoms with Crippen LogP contribution in [0.3, 0.4) is 0 Å². The molecule has 2 aromatic rings. The number of rotatable bonds is 0. The summed E-state index contributed by atoms with van der Waals surface area (Å²) in [5.74, 6) is 0. The average Bonchev–Trinajstić information content (AvgIpc) is 2.78. The van der Waals surface area contributed by atoms with Gasteiger partial charge in [0.1, 0.15) is 0 Å². The highest BCUT2D eigenvalue weighted by Gasteiger charge is 2.12. The molecule has 1 aromatic carbocycles. The molecule has 0 amide bonds. The molecule has 0 bridgehead atoms. The minimum absolute atomic E-state index is 0.799. The van der Waals surface area contributed by atoms with Crippen LogP contribution in [0.25, 0.3) is 17.0 Å². The van der Waals surface area contributed by atoms with Crippen molar-refractivity contribution in [1.29, 1.82) is 5.26 Å². The van der Waals surface area contributed by atoms with E-state index >= 15 is 0 Å². The first-order chi connectivity index (χ1) is 8.88. The van der Waals surface area contributed by atoms with Crippen LogP contribution in [-0.2, 0) is 6.42 Å². The van der Waals surface area contributed by atoms with Gasteiger partial charge in [0.2, 0.25) is 0 Å². The second kappa shape index (κ2) is 4.58. The lowest BCUT2D eigenvalue weighted by atomic mass is 10.1. The summed E-state index contributed by atoms with van der Waals surface area (Å²) < 4.78 is 0. The zero-order valence-electron chi connectivity index (χ0n) is 10.2. The Hall–Kier alpha value is -2.21. The molecule has 0 atom stereocenters. The van der Waals surface area contributed by atoms with Crippen molar-refractivity contribution < 1.29 is 0 Å². The molecule has 0 radical (unpaired) electrons. The number of H-pyrrole nitrogens is 1. The molecule has 1 aromatic heterocycles. The van der Waals surface area contributed by atoms with E-state index in [9.17, 15) is 0 Å². The first-order valence-corrected chi connectivity index (χ1v) is 6.29. The number of nitriles is 1. The second-order valence-electron chi connectivity index (χ2n) is 4.59. The summed E-state index contributed by atoms with van der Waals surface area (Å²) in [6.07, 6.45) is 8.38. The highest BCUT2D eigenvalue weighted by Crippen LogP contribution is 2.24. The van der Waals surface area contributed by atoms with Gasteiger partial charge in [-0.2, -0.15) is 5.26 Å². The molecule has 2 heterocycles. The summed E-state index contributed by atoms with van der Waals surface area (Å²) in [6.45, 7) is 1.61. The summed E-state index contributed by atoms with van der Waals surface area (Å²) in [7, 11) is 0. The van der Waals surface area contributed by atoms with E-state index in [1.54, 1.807) is 0 Å². The van der Waals surface area contributed by atoms with Gasteiger partial charge in [0.25, 0.3) is 0 Å². The van der Waals surface area contributed by atoms with E-state index in [1.807, 2.05) is 11.0 Å². The number of benzene rings is 1. The Labute approximate surface area is 106 Å². The predicted molar refractivity (Wildman–Crippen MR) is 72.8 cm³/mol. The van der Waals surface area contributed by atoms with Gasteiger partial charge < -0.3 is 9.88 Å². The molecule has 0 saturated heterocycles. The van der Waals surface area contributed by atoms with Crippen LogP contribution in [0.15, 0.2) is 30.3 Å². The number of para-hydroxylation sites is 1. The monoisotopic (exact) mass is 237 g/mol. The van der Waals surface area contributed by atoms with Gasteiger partial charge in [-0.15, -0.1) is 0 Å². The fourth-order valence-electron chi connectivity index (χ4n) is 2.52. The maximum Gasteiger partial charge on any atom is 0.179 e. The van der Waals surface area contributed by atoms with Gasteiger partial charge in [-0.1, -0.05) is 24.3 Å². The number of nitrogens with one attached hydrogen (secondary N) is 1. The zero-order valence-corrected chi connectivity index (χ0v) is 10.2. The highest BCUT2D eigenvalue weighted by molar-refractivity contribution is 5.87. The van der Waals surface area contributed by atoms with Crippen molar-refractivity contribution in [3.63, 3.8) is 0 Å². The number of nitrogens with zero attached hydrogens (tertiary/aromatic N) is 2. The first kappa shape index (κ1) is 10.9. The topological polar surface area (TPSA) is 42.8 Å². The van der Waals surface area contributed by atoms with Gasteiger partial charge in [-0.05, 0) is 30.5 Å². The first-order valence-electron chi connectivity index (χ1n) is 6.29. The van der Waals surface area contributed by atoms with Crippen molar-refractivity contribution >= 4 is 17.0 Å². The van der Waals surface area contributed by atoms with Crippen molar-refractivity contribution in [2.75, 3.05) is 13.1 Å². The molecular weight excluding hydrogens is 222 g/mol. The molecule has 0 saturated carbocycles. The van der Waals surface area contributed by atoms with Crippen molar-refractivity contribution in [2.45, 2.75) is 12.8 Å². The molecule has 1 aliphatic heterocycles. The fraction of sp³-hybridized carbons (Fsp3) is 0.267. The van der Waals surface area contributed by atoms with Crippen molar-refractivity contribution in [2.24, 2.45) is 0 Å². The van der Waals surface area contributed by atoms with Crippen molar-refractivity contribution in [3.8, 4) is 6.19 Å². The summed E-state index contributed by atoms with van der Waals surface area (Å²) in [5.41, 5.74) is 3.69. The SMILES string of the molecule is N#CN1CCC=Cc2[nH]c3ccccc3c2CC1. The number of hydrogen-bond donors (Lipinski definition) is 1. The fourth-order valence-corrected chi connectivity index (χ4v) is 2.52. The zero-order chi connectivity index (χ0) is 12.4. The van der Waals surface area contributed by atoms with Crippen LogP contribution in [0, 0.1) is 11.5 Å². The quantitative estimate of drug-likeness (QED) is 0.716. The third-order valence-corrected chi connectivity index (χ3v) is 3.47. The Balaban J connectivity index is 2.08. The smallest absolute Gasteiger partial charge is 0.179 e. The highest BCUT2D eigenvalue weighted by atomic mass is 15.1. The molecule has 3 rings (SSSR count). The molecule has 18 heavy (non-hydrogen) atoms. The molecule has 90 valence electrons. The third kappa shape index (κ3) is 1.86. The maximum atomic E-state index is 9.06. The van der Waals surface area contributed by atoms with E-state index in [0.717, 1.165) is 25.9 Å². The maximum absolute atomic E-state index is 9.06. The Morgan fingerprint density at radius 1 is 1.22 bits per heavy atom. The Bertz CT molecular complexity index is 631. The normalized spacial score (nSPS) is 15.6. The number of aromatic nitrogens is 1. The molecule has 0 spiro atoms. The Morgan fingerprint density at radius 3 is 3.00 bits per heavy atom. The molecule has 1 N–H and O–H groups in total. The molecule has 3 heteroatoms. The van der Waals surface area contributed by atoms with Gasteiger partial charge in [0, 0.05) is 29.7 Å². The number of fused-ring (bicyclic) bond motifs is 3. The number of hydrogen-bond acceptors (Lipinski definition) is 2. The van der Waals surface area contributed by atoms with Crippen LogP contribution in [0.4, 0.5) is 0 Å². The molecular formula is C15H15N3. The summed E-state index contributed by atoms with van der Waals surface area (Å²) in [6, 6.07) is 8.36. The van der Waals surface area contributed by atoms with E-state index in [4.69, 9.17) is 5.26 Å². The van der Waals surface area contributed by atoms with Crippen molar-refractivity contribution in [3.05, 3.63) is 41.6 Å². The lowest BCUT2D eigenvalue weighted by Crippen LogP contribution is -2.21. The lowest BCUT2D eigenvalue weighted by molar-refractivity contribution is 0.404. The molecule has 1 aliphatic rings. The molecule has 0 fully saturated rings. The van der Waals surface area contributed by atoms with Crippen molar-refractivity contribution in [1.82, 2.24) is 9.88 Å². The second-order valence-corrected chi connectivity index (χ2v) is 4.59. The standard InChI is InChI=1S/C15H15N3/c16-11-18-9-4-3-7-15-13(8-10-18)12-5-1-2-6-14(12)17-15/h1-3,5-7,17H,4,8-10H2. The lowest BCUT2D eigenvalue weighted by Gasteiger charge is -2.13. The van der Waals surface area contributed by atoms with Crippen LogP contribution in [0.1, 0.15) is 17.7 Å². The van der Waals surface area contributed by atoms with E-state index in [1.165, 1.54) is 22.2 Å².